The quantitative estimate of drug-likeness (QED) is 0.746. The molecule has 102 valence electrons. The molecule has 2 N–H and O–H groups in total. The third kappa shape index (κ3) is 4.26. The van der Waals surface area contributed by atoms with Gasteiger partial charge in [0.1, 0.15) is 5.82 Å². The summed E-state index contributed by atoms with van der Waals surface area (Å²) in [5.74, 6) is -0.162. The van der Waals surface area contributed by atoms with E-state index >= 15 is 0 Å². The minimum Gasteiger partial charge on any atom is -0.396 e. The van der Waals surface area contributed by atoms with Crippen molar-refractivity contribution >= 4 is 11.8 Å². The average Bonchev–Trinajstić information content (AvgIpc) is 2.29. The molecule has 2 nitrogen and oxygen atoms in total. The van der Waals surface area contributed by atoms with Crippen molar-refractivity contribution in [3.8, 4) is 0 Å². The zero-order chi connectivity index (χ0) is 13.5. The predicted octanol–water partition coefficient (Wildman–Crippen LogP) is 3.36. The summed E-state index contributed by atoms with van der Waals surface area (Å²) in [4.78, 5) is 0.962. The maximum absolute atomic E-state index is 14.0. The largest absolute Gasteiger partial charge is 0.396 e. The molecule has 0 bridgehead atoms. The van der Waals surface area contributed by atoms with Crippen LogP contribution in [-0.4, -0.2) is 23.5 Å². The Morgan fingerprint density at radius 2 is 2.11 bits per heavy atom. The van der Waals surface area contributed by atoms with Crippen LogP contribution in [-0.2, 0) is 0 Å². The Morgan fingerprint density at radius 3 is 2.72 bits per heavy atom. The number of thioether (sulfide) groups is 1. The molecule has 18 heavy (non-hydrogen) atoms. The van der Waals surface area contributed by atoms with E-state index in [1.54, 1.807) is 17.8 Å². The normalized spacial score (nSPS) is 14.5. The lowest BCUT2D eigenvalue weighted by molar-refractivity contribution is 0.289. The number of nitrogens with one attached hydrogen (secondary N) is 1. The van der Waals surface area contributed by atoms with Crippen LogP contribution in [0.5, 0.6) is 0 Å². The van der Waals surface area contributed by atoms with Crippen molar-refractivity contribution in [2.45, 2.75) is 43.4 Å². The Morgan fingerprint density at radius 1 is 1.39 bits per heavy atom. The van der Waals surface area contributed by atoms with Gasteiger partial charge in [-0.05, 0) is 32.0 Å². The van der Waals surface area contributed by atoms with Crippen LogP contribution in [0.15, 0.2) is 23.1 Å². The fraction of sp³-hybridized carbons (Fsp3) is 0.571. The molecule has 2 unspecified atom stereocenters. The highest BCUT2D eigenvalue weighted by Crippen LogP contribution is 2.33. The number of hydrogen-bond acceptors (Lipinski definition) is 3. The number of halogens is 1. The summed E-state index contributed by atoms with van der Waals surface area (Å²) in [5.41, 5.74) is 0.731. The number of rotatable bonds is 7. The first-order chi connectivity index (χ1) is 8.60. The van der Waals surface area contributed by atoms with Gasteiger partial charge in [0.05, 0.1) is 0 Å². The average molecular weight is 271 g/mol. The summed E-state index contributed by atoms with van der Waals surface area (Å²) in [6, 6.07) is 5.19. The van der Waals surface area contributed by atoms with E-state index in [9.17, 15) is 4.39 Å². The van der Waals surface area contributed by atoms with Crippen molar-refractivity contribution in [3.63, 3.8) is 0 Å². The van der Waals surface area contributed by atoms with Gasteiger partial charge < -0.3 is 10.4 Å². The van der Waals surface area contributed by atoms with Gasteiger partial charge >= 0.3 is 0 Å². The van der Waals surface area contributed by atoms with E-state index in [0.717, 1.165) is 23.4 Å². The highest BCUT2D eigenvalue weighted by atomic mass is 32.2. The van der Waals surface area contributed by atoms with Crippen LogP contribution in [0.2, 0.25) is 0 Å². The number of benzene rings is 1. The molecule has 0 aliphatic carbocycles. The molecule has 0 amide bonds. The van der Waals surface area contributed by atoms with E-state index in [-0.39, 0.29) is 23.7 Å². The first kappa shape index (κ1) is 15.5. The van der Waals surface area contributed by atoms with Crippen molar-refractivity contribution in [1.29, 1.82) is 0 Å². The molecule has 4 heteroatoms. The zero-order valence-electron chi connectivity index (χ0n) is 11.2. The maximum Gasteiger partial charge on any atom is 0.129 e. The second-order valence-corrected chi connectivity index (χ2v) is 5.85. The van der Waals surface area contributed by atoms with Crippen LogP contribution in [0, 0.1) is 5.82 Å². The van der Waals surface area contributed by atoms with Gasteiger partial charge in [-0.1, -0.05) is 19.9 Å². The minimum absolute atomic E-state index is 0.0000246. The molecule has 0 aliphatic heterocycles. The van der Waals surface area contributed by atoms with Crippen molar-refractivity contribution in [1.82, 2.24) is 5.32 Å². The van der Waals surface area contributed by atoms with Gasteiger partial charge in [0.15, 0.2) is 0 Å². The summed E-state index contributed by atoms with van der Waals surface area (Å²) in [6.07, 6.45) is 0.718. The SMILES string of the molecule is CCNC(C)c1c(F)cccc1SC(C)CCO. The fourth-order valence-electron chi connectivity index (χ4n) is 1.91. The molecule has 0 heterocycles. The monoisotopic (exact) mass is 271 g/mol. The summed E-state index contributed by atoms with van der Waals surface area (Å²) in [7, 11) is 0. The summed E-state index contributed by atoms with van der Waals surface area (Å²) in [6.45, 7) is 7.02. The van der Waals surface area contributed by atoms with E-state index in [4.69, 9.17) is 5.11 Å². The van der Waals surface area contributed by atoms with Crippen LogP contribution in [0.25, 0.3) is 0 Å². The predicted molar refractivity (Wildman–Crippen MR) is 75.5 cm³/mol. The van der Waals surface area contributed by atoms with Crippen LogP contribution < -0.4 is 5.32 Å². The molecular formula is C14H22FNOS. The van der Waals surface area contributed by atoms with Gasteiger partial charge in [-0.25, -0.2) is 4.39 Å². The van der Waals surface area contributed by atoms with Gasteiger partial charge in [0, 0.05) is 28.4 Å². The maximum atomic E-state index is 14.0. The Bertz CT molecular complexity index is 373. The molecule has 0 radical (unpaired) electrons. The van der Waals surface area contributed by atoms with Crippen LogP contribution >= 0.6 is 11.8 Å². The first-order valence-corrected chi connectivity index (χ1v) is 7.27. The molecule has 0 spiro atoms. The van der Waals surface area contributed by atoms with Gasteiger partial charge in [-0.3, -0.25) is 0 Å². The van der Waals surface area contributed by atoms with Crippen molar-refractivity contribution in [3.05, 3.63) is 29.6 Å². The number of aliphatic hydroxyl groups excluding tert-OH is 1. The highest BCUT2D eigenvalue weighted by molar-refractivity contribution is 8.00. The van der Waals surface area contributed by atoms with Gasteiger partial charge in [0.25, 0.3) is 0 Å². The van der Waals surface area contributed by atoms with E-state index in [0.29, 0.717) is 0 Å². The van der Waals surface area contributed by atoms with Crippen LogP contribution in [0.1, 0.15) is 38.8 Å². The lowest BCUT2D eigenvalue weighted by Crippen LogP contribution is -2.19. The zero-order valence-corrected chi connectivity index (χ0v) is 12.1. The summed E-state index contributed by atoms with van der Waals surface area (Å²) >= 11 is 1.62. The molecule has 1 aromatic carbocycles. The Labute approximate surface area is 113 Å². The van der Waals surface area contributed by atoms with Gasteiger partial charge in [-0.15, -0.1) is 11.8 Å². The summed E-state index contributed by atoms with van der Waals surface area (Å²) in [5, 5.41) is 12.5. The molecule has 0 saturated heterocycles. The van der Waals surface area contributed by atoms with Crippen molar-refractivity contribution in [2.24, 2.45) is 0 Å². The van der Waals surface area contributed by atoms with Gasteiger partial charge in [0.2, 0.25) is 0 Å². The lowest BCUT2D eigenvalue weighted by atomic mass is 10.1. The molecule has 0 saturated carbocycles. The molecular weight excluding hydrogens is 249 g/mol. The van der Waals surface area contributed by atoms with Crippen molar-refractivity contribution in [2.75, 3.05) is 13.2 Å². The molecule has 0 fully saturated rings. The van der Waals surface area contributed by atoms with E-state index in [1.165, 1.54) is 6.07 Å². The van der Waals surface area contributed by atoms with E-state index in [2.05, 4.69) is 5.32 Å². The Kier molecular flexibility index (Phi) is 6.68. The molecule has 1 aromatic rings. The molecule has 0 aliphatic rings. The van der Waals surface area contributed by atoms with E-state index in [1.807, 2.05) is 26.8 Å². The fourth-order valence-corrected chi connectivity index (χ4v) is 3.12. The second kappa shape index (κ2) is 7.77. The number of hydrogen-bond donors (Lipinski definition) is 2. The minimum atomic E-state index is -0.162. The van der Waals surface area contributed by atoms with Crippen LogP contribution in [0.3, 0.4) is 0 Å². The second-order valence-electron chi connectivity index (χ2n) is 4.37. The molecule has 2 atom stereocenters. The van der Waals surface area contributed by atoms with Crippen molar-refractivity contribution < 1.29 is 9.50 Å². The Balaban J connectivity index is 2.92. The summed E-state index contributed by atoms with van der Waals surface area (Å²) < 4.78 is 14.0. The topological polar surface area (TPSA) is 32.3 Å². The van der Waals surface area contributed by atoms with Crippen LogP contribution in [0.4, 0.5) is 4.39 Å². The standard InChI is InChI=1S/C14H22FNOS/c1-4-16-11(3)14-12(15)6-5-7-13(14)18-10(2)8-9-17/h5-7,10-11,16-17H,4,8-9H2,1-3H3. The third-order valence-electron chi connectivity index (χ3n) is 2.82. The number of aliphatic hydroxyl groups is 1. The van der Waals surface area contributed by atoms with Gasteiger partial charge in [-0.2, -0.15) is 0 Å². The molecule has 0 aromatic heterocycles. The third-order valence-corrected chi connectivity index (χ3v) is 4.07. The smallest absolute Gasteiger partial charge is 0.129 e. The highest BCUT2D eigenvalue weighted by Gasteiger charge is 2.16. The molecule has 1 rings (SSSR count). The van der Waals surface area contributed by atoms with E-state index < -0.39 is 0 Å². The lowest BCUT2D eigenvalue weighted by Gasteiger charge is -2.19. The first-order valence-electron chi connectivity index (χ1n) is 6.39. The Hall–Kier alpha value is -0.580.